The summed E-state index contributed by atoms with van der Waals surface area (Å²) < 4.78 is 9.87. The van der Waals surface area contributed by atoms with Gasteiger partial charge in [0.2, 0.25) is 0 Å². The van der Waals surface area contributed by atoms with Gasteiger partial charge in [-0.15, -0.1) is 0 Å². The maximum atomic E-state index is 12.0. The lowest BCUT2D eigenvalue weighted by Crippen LogP contribution is -2.34. The number of ether oxygens (including phenoxy) is 2. The second kappa shape index (κ2) is 7.47. The van der Waals surface area contributed by atoms with E-state index in [1.54, 1.807) is 19.1 Å². The van der Waals surface area contributed by atoms with E-state index < -0.39 is 35.8 Å². The van der Waals surface area contributed by atoms with Crippen molar-refractivity contribution in [2.75, 3.05) is 6.61 Å². The molecule has 0 aromatic heterocycles. The number of rotatable bonds is 6. The quantitative estimate of drug-likeness (QED) is 0.449. The van der Waals surface area contributed by atoms with Crippen molar-refractivity contribution >= 4 is 17.9 Å². The van der Waals surface area contributed by atoms with Crippen LogP contribution in [0.2, 0.25) is 0 Å². The molecule has 0 bridgehead atoms. The molecule has 110 valence electrons. The fourth-order valence-electron chi connectivity index (χ4n) is 1.93. The molecular formula is C14H18O6. The highest BCUT2D eigenvalue weighted by Crippen LogP contribution is 2.27. The molecule has 0 aromatic carbocycles. The molecule has 1 aliphatic rings. The highest BCUT2D eigenvalue weighted by Gasteiger charge is 2.35. The van der Waals surface area contributed by atoms with Crippen LogP contribution in [0.25, 0.3) is 0 Å². The average Bonchev–Trinajstić information content (AvgIpc) is 2.44. The van der Waals surface area contributed by atoms with Gasteiger partial charge in [0.25, 0.3) is 0 Å². The van der Waals surface area contributed by atoms with Gasteiger partial charge in [0.1, 0.15) is 12.7 Å². The summed E-state index contributed by atoms with van der Waals surface area (Å²) >= 11 is 0. The Balaban J connectivity index is 2.52. The SMILES string of the molecule is C=CC(=O)OCC(C)OC(=O)C1CC=CCC1C(=O)O. The van der Waals surface area contributed by atoms with Gasteiger partial charge < -0.3 is 14.6 Å². The Morgan fingerprint density at radius 1 is 1.35 bits per heavy atom. The Morgan fingerprint density at radius 2 is 1.95 bits per heavy atom. The van der Waals surface area contributed by atoms with E-state index in [9.17, 15) is 14.4 Å². The van der Waals surface area contributed by atoms with Gasteiger partial charge in [0.15, 0.2) is 0 Å². The number of carbonyl (C=O) groups is 3. The first kappa shape index (κ1) is 15.9. The molecule has 0 radical (unpaired) electrons. The first-order valence-electron chi connectivity index (χ1n) is 6.33. The number of carboxylic acids is 1. The van der Waals surface area contributed by atoms with Gasteiger partial charge in [0.05, 0.1) is 11.8 Å². The smallest absolute Gasteiger partial charge is 0.330 e. The molecule has 0 aromatic rings. The van der Waals surface area contributed by atoms with Crippen molar-refractivity contribution < 1.29 is 29.0 Å². The maximum Gasteiger partial charge on any atom is 0.330 e. The molecule has 0 amide bonds. The largest absolute Gasteiger partial charge is 0.481 e. The summed E-state index contributed by atoms with van der Waals surface area (Å²) in [7, 11) is 0. The first-order valence-corrected chi connectivity index (χ1v) is 6.33. The monoisotopic (exact) mass is 282 g/mol. The predicted molar refractivity (Wildman–Crippen MR) is 69.7 cm³/mol. The van der Waals surface area contributed by atoms with E-state index in [0.29, 0.717) is 12.8 Å². The van der Waals surface area contributed by atoms with Gasteiger partial charge in [-0.2, -0.15) is 0 Å². The standard InChI is InChI=1S/C14H18O6/c1-3-12(15)19-8-9(2)20-14(18)11-7-5-4-6-10(11)13(16)17/h3-5,9-11H,1,6-8H2,2H3,(H,16,17). The van der Waals surface area contributed by atoms with E-state index in [4.69, 9.17) is 14.6 Å². The van der Waals surface area contributed by atoms with Crippen LogP contribution in [-0.4, -0.2) is 35.7 Å². The molecular weight excluding hydrogens is 264 g/mol. The maximum absolute atomic E-state index is 12.0. The average molecular weight is 282 g/mol. The highest BCUT2D eigenvalue weighted by molar-refractivity contribution is 5.82. The van der Waals surface area contributed by atoms with Gasteiger partial charge in [-0.25, -0.2) is 4.79 Å². The molecule has 6 nitrogen and oxygen atoms in total. The molecule has 0 saturated carbocycles. The number of hydrogen-bond donors (Lipinski definition) is 1. The Morgan fingerprint density at radius 3 is 2.50 bits per heavy atom. The van der Waals surface area contributed by atoms with E-state index in [0.717, 1.165) is 6.08 Å². The van der Waals surface area contributed by atoms with Gasteiger partial charge in [-0.1, -0.05) is 18.7 Å². The minimum atomic E-state index is -1.01. The summed E-state index contributed by atoms with van der Waals surface area (Å²) in [5.74, 6) is -3.66. The van der Waals surface area contributed by atoms with E-state index in [2.05, 4.69) is 6.58 Å². The number of aliphatic carboxylic acids is 1. The molecule has 1 rings (SSSR count). The van der Waals surface area contributed by atoms with Crippen molar-refractivity contribution in [3.63, 3.8) is 0 Å². The van der Waals surface area contributed by atoms with Crippen LogP contribution >= 0.6 is 0 Å². The van der Waals surface area contributed by atoms with Gasteiger partial charge in [0, 0.05) is 6.08 Å². The Kier molecular flexibility index (Phi) is 5.96. The number of hydrogen-bond acceptors (Lipinski definition) is 5. The zero-order valence-corrected chi connectivity index (χ0v) is 11.3. The van der Waals surface area contributed by atoms with E-state index >= 15 is 0 Å². The Hall–Kier alpha value is -2.11. The van der Waals surface area contributed by atoms with Crippen molar-refractivity contribution in [3.8, 4) is 0 Å². The number of carbonyl (C=O) groups excluding carboxylic acids is 2. The lowest BCUT2D eigenvalue weighted by atomic mass is 9.83. The molecule has 0 saturated heterocycles. The summed E-state index contributed by atoms with van der Waals surface area (Å²) in [5, 5.41) is 9.08. The summed E-state index contributed by atoms with van der Waals surface area (Å²) in [4.78, 5) is 33.9. The van der Waals surface area contributed by atoms with E-state index in [-0.39, 0.29) is 6.61 Å². The van der Waals surface area contributed by atoms with Crippen molar-refractivity contribution in [2.45, 2.75) is 25.9 Å². The molecule has 1 aliphatic carbocycles. The van der Waals surface area contributed by atoms with Crippen LogP contribution in [-0.2, 0) is 23.9 Å². The van der Waals surface area contributed by atoms with Crippen molar-refractivity contribution in [1.29, 1.82) is 0 Å². The summed E-state index contributed by atoms with van der Waals surface area (Å²) in [6.07, 6.45) is 4.56. The van der Waals surface area contributed by atoms with Crippen LogP contribution in [0.1, 0.15) is 19.8 Å². The fourth-order valence-corrected chi connectivity index (χ4v) is 1.93. The molecule has 0 spiro atoms. The summed E-state index contributed by atoms with van der Waals surface area (Å²) in [6.45, 7) is 4.73. The third-order valence-corrected chi connectivity index (χ3v) is 3.00. The van der Waals surface area contributed by atoms with Crippen LogP contribution in [0.15, 0.2) is 24.8 Å². The number of allylic oxidation sites excluding steroid dienone is 2. The van der Waals surface area contributed by atoms with Gasteiger partial charge >= 0.3 is 17.9 Å². The second-order valence-corrected chi connectivity index (χ2v) is 4.58. The van der Waals surface area contributed by atoms with Gasteiger partial charge in [-0.05, 0) is 19.8 Å². The van der Waals surface area contributed by atoms with E-state index in [1.165, 1.54) is 0 Å². The third kappa shape index (κ3) is 4.53. The molecule has 3 unspecified atom stereocenters. The van der Waals surface area contributed by atoms with Crippen molar-refractivity contribution in [2.24, 2.45) is 11.8 Å². The zero-order chi connectivity index (χ0) is 15.1. The second-order valence-electron chi connectivity index (χ2n) is 4.58. The Bertz CT molecular complexity index is 425. The molecule has 1 N–H and O–H groups in total. The van der Waals surface area contributed by atoms with Crippen LogP contribution < -0.4 is 0 Å². The fraction of sp³-hybridized carbons (Fsp3) is 0.500. The molecule has 3 atom stereocenters. The van der Waals surface area contributed by atoms with Crippen molar-refractivity contribution in [3.05, 3.63) is 24.8 Å². The highest BCUT2D eigenvalue weighted by atomic mass is 16.6. The number of esters is 2. The van der Waals surface area contributed by atoms with Crippen LogP contribution in [0.3, 0.4) is 0 Å². The molecule has 0 heterocycles. The van der Waals surface area contributed by atoms with Gasteiger partial charge in [-0.3, -0.25) is 9.59 Å². The van der Waals surface area contributed by atoms with Crippen LogP contribution in [0.5, 0.6) is 0 Å². The molecule has 20 heavy (non-hydrogen) atoms. The lowest BCUT2D eigenvalue weighted by Gasteiger charge is -2.25. The van der Waals surface area contributed by atoms with Crippen molar-refractivity contribution in [1.82, 2.24) is 0 Å². The normalized spacial score (nSPS) is 22.6. The van der Waals surface area contributed by atoms with Crippen LogP contribution in [0, 0.1) is 11.8 Å². The van der Waals surface area contributed by atoms with Crippen LogP contribution in [0.4, 0.5) is 0 Å². The first-order chi connectivity index (χ1) is 9.45. The summed E-state index contributed by atoms with van der Waals surface area (Å²) in [5.41, 5.74) is 0. The minimum Gasteiger partial charge on any atom is -0.481 e. The summed E-state index contributed by atoms with van der Waals surface area (Å²) in [6, 6.07) is 0. The zero-order valence-electron chi connectivity index (χ0n) is 11.3. The minimum absolute atomic E-state index is 0.0864. The molecule has 0 aliphatic heterocycles. The number of carboxylic acid groups (broad SMARTS) is 1. The predicted octanol–water partition coefficient (Wildman–Crippen LogP) is 1.31. The van der Waals surface area contributed by atoms with E-state index in [1.807, 2.05) is 0 Å². The topological polar surface area (TPSA) is 89.9 Å². The molecule has 6 heteroatoms. The molecule has 0 fully saturated rings. The third-order valence-electron chi connectivity index (χ3n) is 3.00. The lowest BCUT2D eigenvalue weighted by molar-refractivity contribution is -0.165. The Labute approximate surface area is 117 Å².